The first-order chi connectivity index (χ1) is 11.2. The number of benzene rings is 2. The molecule has 116 valence electrons. The van der Waals surface area contributed by atoms with Crippen LogP contribution in [0.15, 0.2) is 59.1 Å². The zero-order chi connectivity index (χ0) is 16.2. The Labute approximate surface area is 135 Å². The highest BCUT2D eigenvalue weighted by atomic mass is 16.5. The van der Waals surface area contributed by atoms with E-state index in [2.05, 4.69) is 41.7 Å². The summed E-state index contributed by atoms with van der Waals surface area (Å²) < 4.78 is 4.93. The summed E-state index contributed by atoms with van der Waals surface area (Å²) in [6.07, 6.45) is 1.03. The molecule has 0 radical (unpaired) electrons. The number of nitrogens with one attached hydrogen (secondary N) is 1. The molecule has 0 atom stereocenters. The molecule has 1 N–H and O–H groups in total. The van der Waals surface area contributed by atoms with E-state index in [1.807, 2.05) is 24.3 Å². The minimum absolute atomic E-state index is 0.203. The Hall–Kier alpha value is -2.88. The lowest BCUT2D eigenvalue weighted by atomic mass is 10.0. The van der Waals surface area contributed by atoms with E-state index < -0.39 is 0 Å². The number of hydrogen-bond acceptors (Lipinski definition) is 3. The summed E-state index contributed by atoms with van der Waals surface area (Å²) in [6.45, 7) is 3.92. The van der Waals surface area contributed by atoms with Crippen LogP contribution >= 0.6 is 0 Å². The number of carbonyl (C=O) groups is 1. The molecule has 0 bridgehead atoms. The minimum atomic E-state index is -0.203. The van der Waals surface area contributed by atoms with Crippen molar-refractivity contribution in [2.75, 3.05) is 5.32 Å². The van der Waals surface area contributed by atoms with Gasteiger partial charge in [-0.05, 0) is 42.2 Å². The molecule has 23 heavy (non-hydrogen) atoms. The molecule has 0 aliphatic carbocycles. The van der Waals surface area contributed by atoms with Crippen molar-refractivity contribution in [3.05, 3.63) is 71.5 Å². The minimum Gasteiger partial charge on any atom is -0.360 e. The lowest BCUT2D eigenvalue weighted by Crippen LogP contribution is -2.11. The van der Waals surface area contributed by atoms with Gasteiger partial charge in [0.05, 0.1) is 0 Å². The Balaban J connectivity index is 1.74. The van der Waals surface area contributed by atoms with Gasteiger partial charge in [0.25, 0.3) is 5.91 Å². The fourth-order valence-corrected chi connectivity index (χ4v) is 2.36. The van der Waals surface area contributed by atoms with Gasteiger partial charge in [-0.3, -0.25) is 4.79 Å². The van der Waals surface area contributed by atoms with Crippen LogP contribution in [0.2, 0.25) is 0 Å². The molecule has 0 fully saturated rings. The van der Waals surface area contributed by atoms with Crippen LogP contribution in [0, 0.1) is 6.92 Å². The highest BCUT2D eigenvalue weighted by molar-refractivity contribution is 6.04. The molecule has 3 rings (SSSR count). The van der Waals surface area contributed by atoms with Crippen molar-refractivity contribution < 1.29 is 9.32 Å². The van der Waals surface area contributed by atoms with Crippen molar-refractivity contribution in [1.82, 2.24) is 5.16 Å². The molecular formula is C19H18N2O2. The van der Waals surface area contributed by atoms with Gasteiger partial charge in [-0.2, -0.15) is 0 Å². The van der Waals surface area contributed by atoms with Crippen LogP contribution < -0.4 is 5.32 Å². The van der Waals surface area contributed by atoms with E-state index in [-0.39, 0.29) is 5.91 Å². The van der Waals surface area contributed by atoms with Gasteiger partial charge in [0.15, 0.2) is 5.82 Å². The second-order valence-electron chi connectivity index (χ2n) is 5.40. The molecule has 0 spiro atoms. The van der Waals surface area contributed by atoms with Gasteiger partial charge in [0.1, 0.15) is 5.76 Å². The molecular weight excluding hydrogens is 288 g/mol. The molecule has 4 heteroatoms. The molecule has 1 heterocycles. The van der Waals surface area contributed by atoms with Crippen LogP contribution in [0.25, 0.3) is 11.1 Å². The normalized spacial score (nSPS) is 10.5. The molecule has 1 amide bonds. The molecule has 1 aromatic heterocycles. The summed E-state index contributed by atoms with van der Waals surface area (Å²) in [4.78, 5) is 12.2. The highest BCUT2D eigenvalue weighted by Gasteiger charge is 2.09. The Morgan fingerprint density at radius 3 is 2.17 bits per heavy atom. The second-order valence-corrected chi connectivity index (χ2v) is 5.40. The van der Waals surface area contributed by atoms with E-state index >= 15 is 0 Å². The number of anilines is 1. The van der Waals surface area contributed by atoms with Gasteiger partial charge in [0.2, 0.25) is 0 Å². The molecule has 0 saturated carbocycles. The van der Waals surface area contributed by atoms with E-state index in [0.29, 0.717) is 17.1 Å². The van der Waals surface area contributed by atoms with E-state index in [1.54, 1.807) is 13.0 Å². The van der Waals surface area contributed by atoms with Crippen molar-refractivity contribution in [3.8, 4) is 11.1 Å². The third-order valence-corrected chi connectivity index (χ3v) is 3.71. The van der Waals surface area contributed by atoms with Crippen molar-refractivity contribution in [2.45, 2.75) is 20.3 Å². The number of aromatic nitrogens is 1. The molecule has 0 aliphatic rings. The first-order valence-electron chi connectivity index (χ1n) is 7.60. The van der Waals surface area contributed by atoms with E-state index in [4.69, 9.17) is 4.52 Å². The van der Waals surface area contributed by atoms with E-state index in [1.165, 1.54) is 5.56 Å². The van der Waals surface area contributed by atoms with Gasteiger partial charge in [-0.1, -0.05) is 48.5 Å². The average molecular weight is 306 g/mol. The molecule has 0 unspecified atom stereocenters. The molecule has 3 aromatic rings. The summed E-state index contributed by atoms with van der Waals surface area (Å²) in [5.41, 5.74) is 4.12. The quantitative estimate of drug-likeness (QED) is 0.774. The zero-order valence-corrected chi connectivity index (χ0v) is 13.2. The third kappa shape index (κ3) is 3.48. The van der Waals surface area contributed by atoms with Crippen molar-refractivity contribution >= 4 is 11.7 Å². The topological polar surface area (TPSA) is 55.1 Å². The summed E-state index contributed by atoms with van der Waals surface area (Å²) in [5, 5.41) is 6.47. The summed E-state index contributed by atoms with van der Waals surface area (Å²) in [7, 11) is 0. The Morgan fingerprint density at radius 1 is 1.04 bits per heavy atom. The average Bonchev–Trinajstić information content (AvgIpc) is 3.00. The van der Waals surface area contributed by atoms with Crippen LogP contribution in [0.1, 0.15) is 28.6 Å². The number of carbonyl (C=O) groups excluding carboxylic acids is 1. The standard InChI is InChI=1S/C19H18N2O2/c1-3-14-4-6-15(7-5-14)16-8-10-17(11-9-16)19(22)20-18-12-13(2)23-21-18/h4-12H,3H2,1-2H3,(H,20,21,22). The van der Waals surface area contributed by atoms with Crippen LogP contribution in [0.5, 0.6) is 0 Å². The highest BCUT2D eigenvalue weighted by Crippen LogP contribution is 2.21. The SMILES string of the molecule is CCc1ccc(-c2ccc(C(=O)Nc3cc(C)on3)cc2)cc1. The number of amides is 1. The van der Waals surface area contributed by atoms with Gasteiger partial charge in [0, 0.05) is 11.6 Å². The Bertz CT molecular complexity index is 802. The third-order valence-electron chi connectivity index (χ3n) is 3.71. The Morgan fingerprint density at radius 2 is 1.65 bits per heavy atom. The van der Waals surface area contributed by atoms with Crippen molar-refractivity contribution in [1.29, 1.82) is 0 Å². The van der Waals surface area contributed by atoms with Gasteiger partial charge < -0.3 is 9.84 Å². The van der Waals surface area contributed by atoms with E-state index in [0.717, 1.165) is 17.5 Å². The number of rotatable bonds is 4. The summed E-state index contributed by atoms with van der Waals surface area (Å²) in [6, 6.07) is 17.7. The first kappa shape index (κ1) is 15.0. The van der Waals surface area contributed by atoms with Crippen LogP contribution in [-0.2, 0) is 6.42 Å². The fourth-order valence-electron chi connectivity index (χ4n) is 2.36. The van der Waals surface area contributed by atoms with Gasteiger partial charge in [-0.25, -0.2) is 0 Å². The lowest BCUT2D eigenvalue weighted by Gasteiger charge is -2.05. The van der Waals surface area contributed by atoms with Gasteiger partial charge in [-0.15, -0.1) is 0 Å². The van der Waals surface area contributed by atoms with E-state index in [9.17, 15) is 4.79 Å². The predicted octanol–water partition coefficient (Wildman–Crippen LogP) is 4.46. The predicted molar refractivity (Wildman–Crippen MR) is 90.4 cm³/mol. The molecule has 0 aliphatic heterocycles. The zero-order valence-electron chi connectivity index (χ0n) is 13.2. The maximum Gasteiger partial charge on any atom is 0.256 e. The van der Waals surface area contributed by atoms with Gasteiger partial charge >= 0.3 is 0 Å². The number of nitrogens with zero attached hydrogens (tertiary/aromatic N) is 1. The largest absolute Gasteiger partial charge is 0.360 e. The second kappa shape index (κ2) is 6.48. The summed E-state index contributed by atoms with van der Waals surface area (Å²) >= 11 is 0. The maximum atomic E-state index is 12.2. The van der Waals surface area contributed by atoms with Crippen molar-refractivity contribution in [3.63, 3.8) is 0 Å². The van der Waals surface area contributed by atoms with Crippen LogP contribution in [-0.4, -0.2) is 11.1 Å². The van der Waals surface area contributed by atoms with Crippen molar-refractivity contribution in [2.24, 2.45) is 0 Å². The first-order valence-corrected chi connectivity index (χ1v) is 7.60. The maximum absolute atomic E-state index is 12.2. The summed E-state index contributed by atoms with van der Waals surface area (Å²) in [5.74, 6) is 0.879. The molecule has 2 aromatic carbocycles. The smallest absolute Gasteiger partial charge is 0.256 e. The Kier molecular flexibility index (Phi) is 4.24. The van der Waals surface area contributed by atoms with Crippen LogP contribution in [0.4, 0.5) is 5.82 Å². The fraction of sp³-hybridized carbons (Fsp3) is 0.158. The monoisotopic (exact) mass is 306 g/mol. The lowest BCUT2D eigenvalue weighted by molar-refractivity contribution is 0.102. The number of hydrogen-bond donors (Lipinski definition) is 1. The molecule has 4 nitrogen and oxygen atoms in total. The molecule has 0 saturated heterocycles. The van der Waals surface area contributed by atoms with Crippen LogP contribution in [0.3, 0.4) is 0 Å². The number of aryl methyl sites for hydroxylation is 2.